The van der Waals surface area contributed by atoms with Gasteiger partial charge in [0, 0.05) is 18.3 Å². The Hall–Kier alpha value is -2.56. The molecule has 0 bridgehead atoms. The summed E-state index contributed by atoms with van der Waals surface area (Å²) in [6.45, 7) is 6.93. The lowest BCUT2D eigenvalue weighted by Gasteiger charge is -2.18. The molecule has 0 unspecified atom stereocenters. The molecule has 0 aliphatic rings. The lowest BCUT2D eigenvalue weighted by atomic mass is 10.0. The maximum Gasteiger partial charge on any atom is 0.315 e. The average molecular weight is 327 g/mol. The molecule has 0 fully saturated rings. The van der Waals surface area contributed by atoms with Crippen molar-refractivity contribution in [1.82, 2.24) is 15.6 Å². The Morgan fingerprint density at radius 1 is 1.21 bits per heavy atom. The Balaban J connectivity index is 1.93. The molecule has 0 saturated heterocycles. The zero-order valence-corrected chi connectivity index (χ0v) is 14.5. The van der Waals surface area contributed by atoms with E-state index in [1.165, 1.54) is 5.56 Å². The fraction of sp³-hybridized carbons (Fsp3) is 0.368. The molecule has 0 radical (unpaired) electrons. The predicted molar refractivity (Wildman–Crippen MR) is 95.0 cm³/mol. The summed E-state index contributed by atoms with van der Waals surface area (Å²) in [7, 11) is 0. The minimum absolute atomic E-state index is 0.00846. The minimum Gasteiger partial charge on any atom is -0.478 e. The minimum atomic E-state index is -0.200. The normalized spacial score (nSPS) is 11.6. The van der Waals surface area contributed by atoms with Gasteiger partial charge in [-0.05, 0) is 31.9 Å². The Labute approximate surface area is 143 Å². The summed E-state index contributed by atoms with van der Waals surface area (Å²) in [4.78, 5) is 16.4. The van der Waals surface area contributed by atoms with Crippen LogP contribution in [0.4, 0.5) is 4.79 Å². The van der Waals surface area contributed by atoms with Gasteiger partial charge >= 0.3 is 6.03 Å². The van der Waals surface area contributed by atoms with Crippen LogP contribution in [-0.4, -0.2) is 17.6 Å². The van der Waals surface area contributed by atoms with Crippen molar-refractivity contribution in [3.05, 3.63) is 59.3 Å². The van der Waals surface area contributed by atoms with Crippen molar-refractivity contribution in [2.45, 2.75) is 39.8 Å². The fourth-order valence-corrected chi connectivity index (χ4v) is 2.43. The van der Waals surface area contributed by atoms with Crippen molar-refractivity contribution in [1.29, 1.82) is 0 Å². The van der Waals surface area contributed by atoms with E-state index < -0.39 is 0 Å². The first-order valence-corrected chi connectivity index (χ1v) is 8.31. The number of hydrogen-bond donors (Lipinski definition) is 2. The first-order chi connectivity index (χ1) is 11.6. The zero-order valence-electron chi connectivity index (χ0n) is 14.5. The SMILES string of the molecule is CCOc1ncccc1CNC(=O)N[C@@H](CC)c1ccc(C)cc1. The summed E-state index contributed by atoms with van der Waals surface area (Å²) in [6.07, 6.45) is 2.51. The number of nitrogens with zero attached hydrogens (tertiary/aromatic N) is 1. The molecule has 5 nitrogen and oxygen atoms in total. The van der Waals surface area contributed by atoms with E-state index in [2.05, 4.69) is 53.7 Å². The van der Waals surface area contributed by atoms with Gasteiger partial charge in [0.1, 0.15) is 0 Å². The van der Waals surface area contributed by atoms with Crippen LogP contribution >= 0.6 is 0 Å². The lowest BCUT2D eigenvalue weighted by molar-refractivity contribution is 0.236. The number of pyridine rings is 1. The molecule has 0 aliphatic heterocycles. The number of carbonyl (C=O) groups excluding carboxylic acids is 1. The summed E-state index contributed by atoms with van der Waals surface area (Å²) in [6, 6.07) is 11.7. The van der Waals surface area contributed by atoms with Crippen molar-refractivity contribution >= 4 is 6.03 Å². The van der Waals surface area contributed by atoms with Gasteiger partial charge in [-0.1, -0.05) is 42.8 Å². The van der Waals surface area contributed by atoms with E-state index in [1.807, 2.05) is 19.1 Å². The maximum atomic E-state index is 12.2. The third-order valence-corrected chi connectivity index (χ3v) is 3.76. The van der Waals surface area contributed by atoms with Gasteiger partial charge in [-0.15, -0.1) is 0 Å². The molecule has 2 amide bonds. The molecular formula is C19H25N3O2. The second kappa shape index (κ2) is 8.91. The molecule has 24 heavy (non-hydrogen) atoms. The van der Waals surface area contributed by atoms with Crippen LogP contribution in [0.2, 0.25) is 0 Å². The van der Waals surface area contributed by atoms with Crippen molar-refractivity contribution in [2.24, 2.45) is 0 Å². The third kappa shape index (κ3) is 4.98. The first kappa shape index (κ1) is 17.8. The number of urea groups is 1. The van der Waals surface area contributed by atoms with Crippen LogP contribution in [0, 0.1) is 6.92 Å². The van der Waals surface area contributed by atoms with Gasteiger partial charge in [-0.25, -0.2) is 9.78 Å². The molecule has 1 heterocycles. The van der Waals surface area contributed by atoms with E-state index in [0.717, 1.165) is 17.5 Å². The fourth-order valence-electron chi connectivity index (χ4n) is 2.43. The van der Waals surface area contributed by atoms with Gasteiger partial charge in [0.05, 0.1) is 12.6 Å². The van der Waals surface area contributed by atoms with Crippen LogP contribution in [0.3, 0.4) is 0 Å². The average Bonchev–Trinajstić information content (AvgIpc) is 2.60. The van der Waals surface area contributed by atoms with Crippen LogP contribution in [0.15, 0.2) is 42.6 Å². The highest BCUT2D eigenvalue weighted by Gasteiger charge is 2.13. The second-order valence-corrected chi connectivity index (χ2v) is 5.60. The molecule has 2 rings (SSSR count). The summed E-state index contributed by atoms with van der Waals surface area (Å²) in [5.41, 5.74) is 3.17. The van der Waals surface area contributed by atoms with Gasteiger partial charge in [0.25, 0.3) is 0 Å². The number of nitrogens with one attached hydrogen (secondary N) is 2. The molecule has 0 saturated carbocycles. The molecular weight excluding hydrogens is 302 g/mol. The number of benzene rings is 1. The smallest absolute Gasteiger partial charge is 0.315 e. The Morgan fingerprint density at radius 3 is 2.62 bits per heavy atom. The van der Waals surface area contributed by atoms with E-state index in [4.69, 9.17) is 4.74 Å². The maximum absolute atomic E-state index is 12.2. The molecule has 2 N–H and O–H groups in total. The van der Waals surface area contributed by atoms with E-state index in [9.17, 15) is 4.79 Å². The Bertz CT molecular complexity index is 656. The lowest BCUT2D eigenvalue weighted by Crippen LogP contribution is -2.37. The first-order valence-electron chi connectivity index (χ1n) is 8.31. The molecule has 128 valence electrons. The largest absolute Gasteiger partial charge is 0.478 e. The number of aryl methyl sites for hydroxylation is 1. The summed E-state index contributed by atoms with van der Waals surface area (Å²) < 4.78 is 5.47. The highest BCUT2D eigenvalue weighted by Crippen LogP contribution is 2.17. The number of carbonyl (C=O) groups is 1. The van der Waals surface area contributed by atoms with Crippen molar-refractivity contribution in [2.75, 3.05) is 6.61 Å². The predicted octanol–water partition coefficient (Wildman–Crippen LogP) is 3.74. The zero-order chi connectivity index (χ0) is 17.4. The van der Waals surface area contributed by atoms with E-state index in [0.29, 0.717) is 19.0 Å². The quantitative estimate of drug-likeness (QED) is 0.814. The topological polar surface area (TPSA) is 63.2 Å². The number of aromatic nitrogens is 1. The van der Waals surface area contributed by atoms with Gasteiger partial charge in [-0.2, -0.15) is 0 Å². The van der Waals surface area contributed by atoms with Crippen molar-refractivity contribution in [3.8, 4) is 5.88 Å². The highest BCUT2D eigenvalue weighted by molar-refractivity contribution is 5.74. The Morgan fingerprint density at radius 2 is 1.96 bits per heavy atom. The van der Waals surface area contributed by atoms with Gasteiger partial charge in [0.2, 0.25) is 5.88 Å². The molecule has 2 aromatic rings. The van der Waals surface area contributed by atoms with E-state index in [1.54, 1.807) is 6.20 Å². The standard InChI is InChI=1S/C19H25N3O2/c1-4-17(15-10-8-14(3)9-11-15)22-19(23)21-13-16-7-6-12-20-18(16)24-5-2/h6-12,17H,4-5,13H2,1-3H3,(H2,21,22,23)/t17-/m0/s1. The second-order valence-electron chi connectivity index (χ2n) is 5.60. The van der Waals surface area contributed by atoms with Gasteiger partial charge in [0.15, 0.2) is 0 Å². The monoisotopic (exact) mass is 327 g/mol. The molecule has 0 spiro atoms. The molecule has 1 aromatic heterocycles. The summed E-state index contributed by atoms with van der Waals surface area (Å²) in [5, 5.41) is 5.89. The molecule has 1 atom stereocenters. The van der Waals surface area contributed by atoms with Crippen LogP contribution in [0.25, 0.3) is 0 Å². The number of hydrogen-bond acceptors (Lipinski definition) is 3. The summed E-state index contributed by atoms with van der Waals surface area (Å²) in [5.74, 6) is 0.561. The molecule has 5 heteroatoms. The summed E-state index contributed by atoms with van der Waals surface area (Å²) >= 11 is 0. The number of amides is 2. The Kier molecular flexibility index (Phi) is 6.61. The van der Waals surface area contributed by atoms with E-state index in [-0.39, 0.29) is 12.1 Å². The van der Waals surface area contributed by atoms with Crippen molar-refractivity contribution in [3.63, 3.8) is 0 Å². The molecule has 1 aromatic carbocycles. The number of ether oxygens (including phenoxy) is 1. The van der Waals surface area contributed by atoms with Crippen molar-refractivity contribution < 1.29 is 9.53 Å². The molecule has 0 aliphatic carbocycles. The van der Waals surface area contributed by atoms with Crippen LogP contribution in [-0.2, 0) is 6.54 Å². The van der Waals surface area contributed by atoms with E-state index >= 15 is 0 Å². The van der Waals surface area contributed by atoms with Crippen LogP contribution < -0.4 is 15.4 Å². The highest BCUT2D eigenvalue weighted by atomic mass is 16.5. The van der Waals surface area contributed by atoms with Crippen LogP contribution in [0.5, 0.6) is 5.88 Å². The van der Waals surface area contributed by atoms with Gasteiger partial charge < -0.3 is 15.4 Å². The van der Waals surface area contributed by atoms with Gasteiger partial charge in [-0.3, -0.25) is 0 Å². The van der Waals surface area contributed by atoms with Crippen LogP contribution in [0.1, 0.15) is 43.0 Å². The number of rotatable bonds is 7. The third-order valence-electron chi connectivity index (χ3n) is 3.76.